The van der Waals surface area contributed by atoms with Gasteiger partial charge in [-0.1, -0.05) is 0 Å². The predicted octanol–water partition coefficient (Wildman–Crippen LogP) is 0.391. The third kappa shape index (κ3) is 4.25. The number of hydrogen-bond donors (Lipinski definition) is 2. The van der Waals surface area contributed by atoms with Gasteiger partial charge < -0.3 is 30.9 Å². The Kier molecular flexibility index (Phi) is 6.18. The van der Waals surface area contributed by atoms with Crippen LogP contribution in [0.3, 0.4) is 0 Å². The van der Waals surface area contributed by atoms with Crippen LogP contribution in [-0.4, -0.2) is 94.4 Å². The van der Waals surface area contributed by atoms with Gasteiger partial charge in [0.25, 0.3) is 0 Å². The fourth-order valence-electron chi connectivity index (χ4n) is 5.27. The van der Waals surface area contributed by atoms with Crippen molar-refractivity contribution in [2.45, 2.75) is 44.3 Å². The average Bonchev–Trinajstić information content (AvgIpc) is 3.48. The van der Waals surface area contributed by atoms with Crippen LogP contribution in [0, 0.1) is 0 Å². The maximum Gasteiger partial charge on any atom is 0.242 e. The predicted molar refractivity (Wildman–Crippen MR) is 130 cm³/mol. The zero-order valence-corrected chi connectivity index (χ0v) is 20.2. The van der Waals surface area contributed by atoms with E-state index in [-0.39, 0.29) is 23.4 Å². The zero-order chi connectivity index (χ0) is 24.7. The molecule has 2 fully saturated rings. The standard InChI is InChI=1S/C23H32FN9O2/c1-14-12-35-8-7-32(14)22-29-18(15-10-27-21(26)28-11-15)16-3-5-33(19(16)30-22)23(2)4-6-31(13-23)20(34)17(25)9-24/h10-11,14,17H,3-9,12-13,25H2,1-2H3,(H2,26,27,28)/t14-,17+,23-/m0/s1. The van der Waals surface area contributed by atoms with Crippen molar-refractivity contribution in [2.75, 3.05) is 61.6 Å². The van der Waals surface area contributed by atoms with Crippen LogP contribution < -0.4 is 21.3 Å². The number of halogens is 1. The number of nitrogens with two attached hydrogens (primary N) is 2. The Balaban J connectivity index is 1.54. The number of nitrogens with zero attached hydrogens (tertiary/aromatic N) is 7. The largest absolute Gasteiger partial charge is 0.377 e. The number of amides is 1. The summed E-state index contributed by atoms with van der Waals surface area (Å²) in [6.45, 7) is 7.00. The average molecular weight is 486 g/mol. The highest BCUT2D eigenvalue weighted by Crippen LogP contribution is 2.41. The Bertz CT molecular complexity index is 1100. The Morgan fingerprint density at radius 2 is 2.06 bits per heavy atom. The first-order chi connectivity index (χ1) is 16.8. The van der Waals surface area contributed by atoms with Gasteiger partial charge in [-0.15, -0.1) is 0 Å². The minimum atomic E-state index is -1.11. The monoisotopic (exact) mass is 485 g/mol. The number of carbonyl (C=O) groups excluding carboxylic acids is 1. The van der Waals surface area contributed by atoms with Crippen LogP contribution >= 0.6 is 0 Å². The number of fused-ring (bicyclic) bond motifs is 1. The molecule has 0 bridgehead atoms. The van der Waals surface area contributed by atoms with Crippen molar-refractivity contribution in [3.63, 3.8) is 0 Å². The van der Waals surface area contributed by atoms with Gasteiger partial charge in [0.2, 0.25) is 17.8 Å². The van der Waals surface area contributed by atoms with Gasteiger partial charge in [0.1, 0.15) is 18.5 Å². The molecule has 35 heavy (non-hydrogen) atoms. The molecule has 2 aromatic heterocycles. The summed E-state index contributed by atoms with van der Waals surface area (Å²) in [7, 11) is 0. The van der Waals surface area contributed by atoms with Crippen molar-refractivity contribution in [1.82, 2.24) is 24.8 Å². The fourth-order valence-corrected chi connectivity index (χ4v) is 5.27. The molecule has 3 aliphatic rings. The third-order valence-corrected chi connectivity index (χ3v) is 7.28. The lowest BCUT2D eigenvalue weighted by Crippen LogP contribution is -2.51. The van der Waals surface area contributed by atoms with Crippen molar-refractivity contribution in [3.05, 3.63) is 18.0 Å². The van der Waals surface area contributed by atoms with Gasteiger partial charge in [-0.25, -0.2) is 19.3 Å². The summed E-state index contributed by atoms with van der Waals surface area (Å²) in [6.07, 6.45) is 4.87. The summed E-state index contributed by atoms with van der Waals surface area (Å²) in [4.78, 5) is 37.0. The molecule has 0 unspecified atom stereocenters. The minimum absolute atomic E-state index is 0.129. The number of anilines is 3. The first-order valence-electron chi connectivity index (χ1n) is 12.0. The number of alkyl halides is 1. The van der Waals surface area contributed by atoms with E-state index in [1.165, 1.54) is 0 Å². The molecule has 5 heterocycles. The summed E-state index contributed by atoms with van der Waals surface area (Å²) < 4.78 is 18.7. The van der Waals surface area contributed by atoms with E-state index in [0.717, 1.165) is 42.0 Å². The first-order valence-corrected chi connectivity index (χ1v) is 12.0. The van der Waals surface area contributed by atoms with E-state index < -0.39 is 12.7 Å². The minimum Gasteiger partial charge on any atom is -0.377 e. The molecule has 12 heteroatoms. The fraction of sp³-hybridized carbons (Fsp3) is 0.609. The van der Waals surface area contributed by atoms with Gasteiger partial charge >= 0.3 is 0 Å². The van der Waals surface area contributed by atoms with Gasteiger partial charge in [-0.3, -0.25) is 4.79 Å². The molecule has 4 N–H and O–H groups in total. The smallest absolute Gasteiger partial charge is 0.242 e. The van der Waals surface area contributed by atoms with Crippen LogP contribution in [-0.2, 0) is 16.0 Å². The summed E-state index contributed by atoms with van der Waals surface area (Å²) in [5.41, 5.74) is 13.7. The molecule has 2 aromatic rings. The molecular weight excluding hydrogens is 453 g/mol. The Labute approximate surface area is 203 Å². The summed E-state index contributed by atoms with van der Waals surface area (Å²) in [5.74, 6) is 1.35. The second-order valence-electron chi connectivity index (χ2n) is 9.79. The third-order valence-electron chi connectivity index (χ3n) is 7.28. The maximum absolute atomic E-state index is 13.0. The molecule has 5 rings (SSSR count). The molecule has 3 atom stereocenters. The number of rotatable bonds is 5. The van der Waals surface area contributed by atoms with Crippen LogP contribution in [0.25, 0.3) is 11.3 Å². The number of ether oxygens (including phenoxy) is 1. The molecule has 0 aromatic carbocycles. The summed E-state index contributed by atoms with van der Waals surface area (Å²) in [5, 5.41) is 0. The second-order valence-corrected chi connectivity index (χ2v) is 9.79. The Hall–Kier alpha value is -3.12. The van der Waals surface area contributed by atoms with Crippen molar-refractivity contribution >= 4 is 23.6 Å². The van der Waals surface area contributed by atoms with Gasteiger partial charge in [0.15, 0.2) is 0 Å². The molecule has 0 radical (unpaired) electrons. The molecule has 11 nitrogen and oxygen atoms in total. The van der Waals surface area contributed by atoms with E-state index >= 15 is 0 Å². The number of morpholine rings is 1. The van der Waals surface area contributed by atoms with E-state index in [1.807, 2.05) is 0 Å². The highest BCUT2D eigenvalue weighted by atomic mass is 19.1. The van der Waals surface area contributed by atoms with Gasteiger partial charge in [-0.05, 0) is 26.7 Å². The van der Waals surface area contributed by atoms with E-state index in [0.29, 0.717) is 38.8 Å². The SMILES string of the molecule is C[C@H]1COCCN1c1nc(-c2cnc(N)nc2)c2c(n1)N([C@@]1(C)CCN(C(=O)[C@H](N)CF)C1)CC2. The number of carbonyl (C=O) groups is 1. The lowest BCUT2D eigenvalue weighted by molar-refractivity contribution is -0.132. The van der Waals surface area contributed by atoms with Crippen molar-refractivity contribution in [3.8, 4) is 11.3 Å². The van der Waals surface area contributed by atoms with E-state index in [1.54, 1.807) is 17.3 Å². The quantitative estimate of drug-likeness (QED) is 0.611. The van der Waals surface area contributed by atoms with Crippen LogP contribution in [0.2, 0.25) is 0 Å². The van der Waals surface area contributed by atoms with Crippen molar-refractivity contribution in [2.24, 2.45) is 5.73 Å². The van der Waals surface area contributed by atoms with Gasteiger partial charge in [0, 0.05) is 49.7 Å². The number of nitrogen functional groups attached to an aromatic ring is 1. The molecule has 0 spiro atoms. The highest BCUT2D eigenvalue weighted by molar-refractivity contribution is 5.82. The normalized spacial score (nSPS) is 25.1. The zero-order valence-electron chi connectivity index (χ0n) is 20.2. The van der Waals surface area contributed by atoms with Crippen LogP contribution in [0.4, 0.5) is 22.1 Å². The van der Waals surface area contributed by atoms with E-state index in [9.17, 15) is 9.18 Å². The topological polar surface area (TPSA) is 140 Å². The molecule has 1 amide bonds. The highest BCUT2D eigenvalue weighted by Gasteiger charge is 2.45. The van der Waals surface area contributed by atoms with Crippen molar-refractivity contribution < 1.29 is 13.9 Å². The first kappa shape index (κ1) is 23.6. The maximum atomic E-state index is 13.0. The Morgan fingerprint density at radius 1 is 1.29 bits per heavy atom. The van der Waals surface area contributed by atoms with E-state index in [4.69, 9.17) is 26.2 Å². The van der Waals surface area contributed by atoms with E-state index in [2.05, 4.69) is 33.6 Å². The second kappa shape index (κ2) is 9.15. The van der Waals surface area contributed by atoms with Crippen LogP contribution in [0.15, 0.2) is 12.4 Å². The molecule has 0 aliphatic carbocycles. The molecular formula is C23H32FN9O2. The number of likely N-dealkylation sites (tertiary alicyclic amines) is 1. The van der Waals surface area contributed by atoms with Crippen molar-refractivity contribution in [1.29, 1.82) is 0 Å². The van der Waals surface area contributed by atoms with Crippen LogP contribution in [0.1, 0.15) is 25.8 Å². The molecule has 2 saturated heterocycles. The molecule has 188 valence electrons. The van der Waals surface area contributed by atoms with Gasteiger partial charge in [-0.2, -0.15) is 4.98 Å². The number of hydrogen-bond acceptors (Lipinski definition) is 10. The van der Waals surface area contributed by atoms with Crippen LogP contribution in [0.5, 0.6) is 0 Å². The summed E-state index contributed by atoms with van der Waals surface area (Å²) >= 11 is 0. The lowest BCUT2D eigenvalue weighted by Gasteiger charge is -2.38. The van der Waals surface area contributed by atoms with Gasteiger partial charge in [0.05, 0.1) is 30.5 Å². The number of aromatic nitrogens is 4. The molecule has 3 aliphatic heterocycles. The lowest BCUT2D eigenvalue weighted by atomic mass is 9.99. The summed E-state index contributed by atoms with van der Waals surface area (Å²) in [6, 6.07) is -0.985. The molecule has 0 saturated carbocycles. The Morgan fingerprint density at radius 3 is 2.77 bits per heavy atom.